The third-order valence-electron chi connectivity index (χ3n) is 6.36. The minimum absolute atomic E-state index is 0.0742. The number of nitrogens with one attached hydrogen (secondary N) is 1. The number of urea groups is 1. The largest absolute Gasteiger partial charge is 0.381 e. The van der Waals surface area contributed by atoms with E-state index in [1.165, 1.54) is 18.4 Å². The molecule has 3 heterocycles. The van der Waals surface area contributed by atoms with Gasteiger partial charge in [0.2, 0.25) is 5.91 Å². The van der Waals surface area contributed by atoms with Crippen LogP contribution in [0.4, 0.5) is 10.6 Å². The molecule has 2 saturated heterocycles. The van der Waals surface area contributed by atoms with Crippen molar-refractivity contribution in [2.24, 2.45) is 5.92 Å². The molecule has 152 valence electrons. The molecule has 0 bridgehead atoms. The zero-order chi connectivity index (χ0) is 19.6. The van der Waals surface area contributed by atoms with Gasteiger partial charge in [-0.2, -0.15) is 0 Å². The zero-order valence-electron chi connectivity index (χ0n) is 16.7. The Morgan fingerprint density at radius 1 is 1.11 bits per heavy atom. The van der Waals surface area contributed by atoms with Gasteiger partial charge in [-0.15, -0.1) is 0 Å². The molecular weight excluding hydrogens is 356 g/mol. The van der Waals surface area contributed by atoms with Crippen LogP contribution in [0.3, 0.4) is 0 Å². The SMILES string of the molecule is CC1(c2ccc(NC(=O)N3CCCN(C(=O)C4CCOCC4)CC3)nc2)CC1. The number of hydrogen-bond donors (Lipinski definition) is 1. The summed E-state index contributed by atoms with van der Waals surface area (Å²) in [5.41, 5.74) is 1.52. The molecule has 3 amide bonds. The Morgan fingerprint density at radius 3 is 2.50 bits per heavy atom. The number of hydrogen-bond acceptors (Lipinski definition) is 4. The normalized spacial score (nSPS) is 22.5. The molecule has 0 atom stereocenters. The van der Waals surface area contributed by atoms with Crippen molar-refractivity contribution in [3.63, 3.8) is 0 Å². The minimum atomic E-state index is -0.141. The highest BCUT2D eigenvalue weighted by Gasteiger charge is 2.39. The summed E-state index contributed by atoms with van der Waals surface area (Å²) < 4.78 is 5.36. The van der Waals surface area contributed by atoms with Crippen molar-refractivity contribution in [3.8, 4) is 0 Å². The smallest absolute Gasteiger partial charge is 0.323 e. The van der Waals surface area contributed by atoms with E-state index < -0.39 is 0 Å². The number of pyridine rings is 1. The fraction of sp³-hybridized carbons (Fsp3) is 0.667. The number of nitrogens with zero attached hydrogens (tertiary/aromatic N) is 3. The van der Waals surface area contributed by atoms with Crippen molar-refractivity contribution in [1.29, 1.82) is 0 Å². The summed E-state index contributed by atoms with van der Waals surface area (Å²) in [6.07, 6.45) is 6.70. The number of aromatic nitrogens is 1. The van der Waals surface area contributed by atoms with Crippen LogP contribution in [0.2, 0.25) is 0 Å². The number of anilines is 1. The van der Waals surface area contributed by atoms with Crippen LogP contribution in [0, 0.1) is 5.92 Å². The Labute approximate surface area is 166 Å². The second kappa shape index (κ2) is 8.07. The summed E-state index contributed by atoms with van der Waals surface area (Å²) in [4.78, 5) is 33.5. The number of amides is 3. The maximum Gasteiger partial charge on any atom is 0.323 e. The molecule has 1 aromatic rings. The lowest BCUT2D eigenvalue weighted by atomic mass is 9.98. The average molecular weight is 386 g/mol. The molecule has 7 heteroatoms. The van der Waals surface area contributed by atoms with E-state index in [1.807, 2.05) is 17.2 Å². The molecule has 28 heavy (non-hydrogen) atoms. The van der Waals surface area contributed by atoms with Crippen molar-refractivity contribution in [2.75, 3.05) is 44.7 Å². The van der Waals surface area contributed by atoms with E-state index in [0.29, 0.717) is 45.2 Å². The lowest BCUT2D eigenvalue weighted by Gasteiger charge is -2.28. The van der Waals surface area contributed by atoms with Gasteiger partial charge < -0.3 is 14.5 Å². The zero-order valence-corrected chi connectivity index (χ0v) is 16.7. The first-order valence-corrected chi connectivity index (χ1v) is 10.4. The van der Waals surface area contributed by atoms with Crippen LogP contribution >= 0.6 is 0 Å². The van der Waals surface area contributed by atoms with Crippen molar-refractivity contribution in [1.82, 2.24) is 14.8 Å². The average Bonchev–Trinajstić information content (AvgIpc) is 3.51. The molecule has 1 aliphatic carbocycles. The summed E-state index contributed by atoms with van der Waals surface area (Å²) in [6, 6.07) is 3.81. The van der Waals surface area contributed by atoms with E-state index in [4.69, 9.17) is 4.74 Å². The molecule has 0 aromatic carbocycles. The highest BCUT2D eigenvalue weighted by Crippen LogP contribution is 2.47. The molecule has 1 aromatic heterocycles. The lowest BCUT2D eigenvalue weighted by molar-refractivity contribution is -0.138. The van der Waals surface area contributed by atoms with Crippen LogP contribution in [0.1, 0.15) is 44.6 Å². The van der Waals surface area contributed by atoms with Crippen LogP contribution in [0.25, 0.3) is 0 Å². The molecule has 0 unspecified atom stereocenters. The van der Waals surface area contributed by atoms with Crippen LogP contribution in [0.5, 0.6) is 0 Å². The van der Waals surface area contributed by atoms with E-state index in [-0.39, 0.29) is 23.3 Å². The number of carbonyl (C=O) groups is 2. The molecule has 1 saturated carbocycles. The Morgan fingerprint density at radius 2 is 1.82 bits per heavy atom. The predicted octanol–water partition coefficient (Wildman–Crippen LogP) is 2.63. The van der Waals surface area contributed by atoms with Gasteiger partial charge in [0.05, 0.1) is 0 Å². The van der Waals surface area contributed by atoms with Crippen molar-refractivity contribution in [2.45, 2.75) is 44.4 Å². The molecule has 4 rings (SSSR count). The van der Waals surface area contributed by atoms with E-state index in [1.54, 1.807) is 4.90 Å². The highest BCUT2D eigenvalue weighted by molar-refractivity contribution is 5.88. The second-order valence-corrected chi connectivity index (χ2v) is 8.48. The number of ether oxygens (including phenoxy) is 1. The maximum atomic E-state index is 12.7. The Balaban J connectivity index is 1.29. The van der Waals surface area contributed by atoms with E-state index in [9.17, 15) is 9.59 Å². The minimum Gasteiger partial charge on any atom is -0.381 e. The fourth-order valence-corrected chi connectivity index (χ4v) is 4.03. The third-order valence-corrected chi connectivity index (χ3v) is 6.36. The first-order valence-electron chi connectivity index (χ1n) is 10.4. The second-order valence-electron chi connectivity index (χ2n) is 8.48. The van der Waals surface area contributed by atoms with Gasteiger partial charge in [0.25, 0.3) is 0 Å². The summed E-state index contributed by atoms with van der Waals surface area (Å²) in [5.74, 6) is 0.874. The van der Waals surface area contributed by atoms with Crippen molar-refractivity contribution in [3.05, 3.63) is 23.9 Å². The lowest BCUT2D eigenvalue weighted by Crippen LogP contribution is -2.42. The van der Waals surface area contributed by atoms with Crippen molar-refractivity contribution < 1.29 is 14.3 Å². The number of carbonyl (C=O) groups excluding carboxylic acids is 2. The van der Waals surface area contributed by atoms with Gasteiger partial charge in [-0.05, 0) is 49.1 Å². The summed E-state index contributed by atoms with van der Waals surface area (Å²) in [7, 11) is 0. The van der Waals surface area contributed by atoms with Gasteiger partial charge in [-0.3, -0.25) is 10.1 Å². The molecule has 3 fully saturated rings. The summed E-state index contributed by atoms with van der Waals surface area (Å²) in [6.45, 7) is 6.09. The van der Waals surface area contributed by atoms with Crippen molar-refractivity contribution >= 4 is 17.8 Å². The fourth-order valence-electron chi connectivity index (χ4n) is 4.03. The quantitative estimate of drug-likeness (QED) is 0.867. The standard InChI is InChI=1S/C21H30N4O3/c1-21(7-8-21)17-3-4-18(22-15-17)23-20(27)25-10-2-9-24(11-12-25)19(26)16-5-13-28-14-6-16/h3-4,15-16H,2,5-14H2,1H3,(H,22,23,27). The Kier molecular flexibility index (Phi) is 5.53. The van der Waals surface area contributed by atoms with E-state index in [0.717, 1.165) is 19.3 Å². The van der Waals surface area contributed by atoms with Crippen LogP contribution in [0.15, 0.2) is 18.3 Å². The van der Waals surface area contributed by atoms with Gasteiger partial charge in [0.15, 0.2) is 0 Å². The highest BCUT2D eigenvalue weighted by atomic mass is 16.5. The Hall–Kier alpha value is -2.15. The molecule has 3 aliphatic rings. The first kappa shape index (κ1) is 19.2. The third kappa shape index (κ3) is 4.29. The molecular formula is C21H30N4O3. The van der Waals surface area contributed by atoms with Crippen LogP contribution in [-0.4, -0.2) is 66.1 Å². The molecule has 7 nitrogen and oxygen atoms in total. The maximum absolute atomic E-state index is 12.7. The molecule has 2 aliphatic heterocycles. The van der Waals surface area contributed by atoms with Crippen LogP contribution < -0.4 is 5.32 Å². The van der Waals surface area contributed by atoms with Crippen LogP contribution in [-0.2, 0) is 14.9 Å². The predicted molar refractivity (Wildman–Crippen MR) is 106 cm³/mol. The number of rotatable bonds is 3. The topological polar surface area (TPSA) is 74.8 Å². The first-order chi connectivity index (χ1) is 13.5. The van der Waals surface area contributed by atoms with E-state index >= 15 is 0 Å². The van der Waals surface area contributed by atoms with Gasteiger partial charge in [0, 0.05) is 51.5 Å². The van der Waals surface area contributed by atoms with Gasteiger partial charge in [-0.25, -0.2) is 9.78 Å². The molecule has 0 radical (unpaired) electrons. The summed E-state index contributed by atoms with van der Waals surface area (Å²) in [5, 5.41) is 2.90. The van der Waals surface area contributed by atoms with Gasteiger partial charge in [-0.1, -0.05) is 13.0 Å². The summed E-state index contributed by atoms with van der Waals surface area (Å²) >= 11 is 0. The molecule has 1 N–H and O–H groups in total. The monoisotopic (exact) mass is 386 g/mol. The Bertz CT molecular complexity index is 711. The molecule has 0 spiro atoms. The van der Waals surface area contributed by atoms with Gasteiger partial charge in [0.1, 0.15) is 5.82 Å². The van der Waals surface area contributed by atoms with Gasteiger partial charge >= 0.3 is 6.03 Å². The van der Waals surface area contributed by atoms with E-state index in [2.05, 4.69) is 23.3 Å².